The van der Waals surface area contributed by atoms with Crippen LogP contribution in [0.4, 0.5) is 0 Å². The van der Waals surface area contributed by atoms with Gasteiger partial charge in [0.2, 0.25) is 23.5 Å². The van der Waals surface area contributed by atoms with Crippen molar-refractivity contribution in [2.24, 2.45) is 17.8 Å². The highest BCUT2D eigenvalue weighted by Crippen LogP contribution is 2.30. The molecule has 2 fully saturated rings. The number of hydrogen-bond acceptors (Lipinski definition) is 8. The first kappa shape index (κ1) is 46.4. The van der Waals surface area contributed by atoms with Gasteiger partial charge in [0.1, 0.15) is 23.8 Å². The molecule has 1 aromatic heterocycles. The number of Topliss-reactive ketones (excluding diaryl/α,β-unsaturated/α-hetero) is 1. The Kier molecular flexibility index (Phi) is 22.2. The van der Waals surface area contributed by atoms with Crippen molar-refractivity contribution in [2.45, 2.75) is 137 Å². The zero-order chi connectivity index (χ0) is 39.9. The first-order valence-electron chi connectivity index (χ1n) is 19.2. The first-order chi connectivity index (χ1) is 25.4. The van der Waals surface area contributed by atoms with E-state index in [0.717, 1.165) is 44.4 Å². The smallest absolute Gasteiger partial charge is 0.289 e. The van der Waals surface area contributed by atoms with Crippen molar-refractivity contribution in [3.63, 3.8) is 0 Å². The molecule has 2 aliphatic rings. The number of likely N-dealkylation sites (tertiary alicyclic amines) is 1. The maximum absolute atomic E-state index is 13.9. The van der Waals surface area contributed by atoms with Crippen LogP contribution in [0.2, 0.25) is 0 Å². The molecular weight excluding hydrogens is 674 g/mol. The molecule has 3 unspecified atom stereocenters. The highest BCUT2D eigenvalue weighted by molar-refractivity contribution is 6.38. The third-order valence-electron chi connectivity index (χ3n) is 8.79. The number of amides is 5. The molecule has 1 aromatic rings. The largest absolute Gasteiger partial charge is 0.346 e. The van der Waals surface area contributed by atoms with Crippen LogP contribution in [0.3, 0.4) is 0 Å². The number of nitrogens with zero attached hydrogens (tertiary/aromatic N) is 3. The Morgan fingerprint density at radius 3 is 2.23 bits per heavy atom. The van der Waals surface area contributed by atoms with Gasteiger partial charge in [-0.25, -0.2) is 4.98 Å². The van der Waals surface area contributed by atoms with Gasteiger partial charge in [0.15, 0.2) is 0 Å². The number of aromatic nitrogens is 2. The van der Waals surface area contributed by atoms with Crippen LogP contribution < -0.4 is 21.3 Å². The Bertz CT molecular complexity index is 1370. The topological polar surface area (TPSA) is 180 Å². The van der Waals surface area contributed by atoms with Crippen molar-refractivity contribution in [3.05, 3.63) is 36.9 Å². The fraction of sp³-hybridized carbons (Fsp3) is 0.650. The molecule has 0 radical (unpaired) electrons. The second-order valence-corrected chi connectivity index (χ2v) is 13.9. The maximum atomic E-state index is 13.9. The number of terminal acetylenes is 1. The summed E-state index contributed by atoms with van der Waals surface area (Å²) in [6, 6.07) is -3.99. The van der Waals surface area contributed by atoms with Gasteiger partial charge in [-0.05, 0) is 56.8 Å². The molecule has 1 aliphatic heterocycles. The molecule has 13 nitrogen and oxygen atoms in total. The number of ketones is 1. The van der Waals surface area contributed by atoms with Gasteiger partial charge in [0.25, 0.3) is 11.8 Å². The van der Waals surface area contributed by atoms with E-state index in [2.05, 4.69) is 64.5 Å². The zero-order valence-corrected chi connectivity index (χ0v) is 32.9. The third kappa shape index (κ3) is 15.5. The van der Waals surface area contributed by atoms with Crippen molar-refractivity contribution >= 4 is 35.3 Å². The summed E-state index contributed by atoms with van der Waals surface area (Å²) in [5.74, 6) is -0.798. The summed E-state index contributed by atoms with van der Waals surface area (Å²) in [6.07, 6.45) is 17.6. The molecule has 53 heavy (non-hydrogen) atoms. The Morgan fingerprint density at radius 1 is 1.00 bits per heavy atom. The summed E-state index contributed by atoms with van der Waals surface area (Å²) in [5, 5.41) is 10.7. The quantitative estimate of drug-likeness (QED) is 0.111. The van der Waals surface area contributed by atoms with Gasteiger partial charge in [0, 0.05) is 31.9 Å². The van der Waals surface area contributed by atoms with Crippen LogP contribution >= 0.6 is 0 Å². The molecule has 5 amide bonds. The Hall–Kier alpha value is -4.60. The summed E-state index contributed by atoms with van der Waals surface area (Å²) >= 11 is 0. The van der Waals surface area contributed by atoms with E-state index >= 15 is 0 Å². The SMILES string of the molecule is C#CCCC(NC(=O)C1[C@@H](CCC)CCN1C(=O)[C@H](C)NC(=O)C(NC(=O)c1cnccn1)C1CCCCC1)C(=O)C(=O)NCC=C.CC.CC(C)C. The summed E-state index contributed by atoms with van der Waals surface area (Å²) in [5.41, 5.74) is 0.0790. The predicted molar refractivity (Wildman–Crippen MR) is 206 cm³/mol. The van der Waals surface area contributed by atoms with Crippen LogP contribution in [0.5, 0.6) is 0 Å². The average Bonchev–Trinajstić information content (AvgIpc) is 3.58. The zero-order valence-electron chi connectivity index (χ0n) is 32.9. The van der Waals surface area contributed by atoms with Gasteiger partial charge < -0.3 is 26.2 Å². The number of hydrogen-bond donors (Lipinski definition) is 4. The van der Waals surface area contributed by atoms with Crippen molar-refractivity contribution in [3.8, 4) is 12.3 Å². The molecule has 294 valence electrons. The molecule has 0 spiro atoms. The second-order valence-electron chi connectivity index (χ2n) is 13.9. The van der Waals surface area contributed by atoms with Crippen LogP contribution in [0, 0.1) is 30.1 Å². The summed E-state index contributed by atoms with van der Waals surface area (Å²) in [4.78, 5) is 89.0. The number of carbonyl (C=O) groups excluding carboxylic acids is 6. The summed E-state index contributed by atoms with van der Waals surface area (Å²) in [6.45, 7) is 17.9. The molecule has 2 heterocycles. The highest BCUT2D eigenvalue weighted by atomic mass is 16.2. The molecule has 3 rings (SSSR count). The lowest BCUT2D eigenvalue weighted by Crippen LogP contribution is -2.59. The van der Waals surface area contributed by atoms with Crippen LogP contribution in [0.15, 0.2) is 31.2 Å². The fourth-order valence-corrected chi connectivity index (χ4v) is 6.41. The van der Waals surface area contributed by atoms with Gasteiger partial charge in [-0.15, -0.1) is 18.9 Å². The molecule has 1 saturated heterocycles. The highest BCUT2D eigenvalue weighted by Gasteiger charge is 2.44. The Labute approximate surface area is 316 Å². The van der Waals surface area contributed by atoms with E-state index in [4.69, 9.17) is 6.42 Å². The van der Waals surface area contributed by atoms with Crippen LogP contribution in [-0.4, -0.2) is 87.4 Å². The lowest BCUT2D eigenvalue weighted by Gasteiger charge is -2.33. The minimum absolute atomic E-state index is 0.0526. The Morgan fingerprint density at radius 2 is 1.66 bits per heavy atom. The van der Waals surface area contributed by atoms with Crippen molar-refractivity contribution in [2.75, 3.05) is 13.1 Å². The summed E-state index contributed by atoms with van der Waals surface area (Å²) < 4.78 is 0. The lowest BCUT2D eigenvalue weighted by molar-refractivity contribution is -0.144. The van der Waals surface area contributed by atoms with E-state index in [-0.39, 0.29) is 43.5 Å². The second kappa shape index (κ2) is 25.4. The van der Waals surface area contributed by atoms with Gasteiger partial charge in [-0.1, -0.05) is 73.3 Å². The monoisotopic (exact) mass is 737 g/mol. The van der Waals surface area contributed by atoms with E-state index in [1.165, 1.54) is 29.6 Å². The molecule has 5 atom stereocenters. The van der Waals surface area contributed by atoms with E-state index in [9.17, 15) is 28.8 Å². The molecule has 1 aliphatic carbocycles. The molecular formula is C40H63N7O6. The van der Waals surface area contributed by atoms with Gasteiger partial charge in [0.05, 0.1) is 12.2 Å². The number of nitrogens with one attached hydrogen (secondary N) is 4. The normalized spacial score (nSPS) is 18.3. The van der Waals surface area contributed by atoms with Gasteiger partial charge in [-0.2, -0.15) is 0 Å². The van der Waals surface area contributed by atoms with Crippen molar-refractivity contribution in [1.82, 2.24) is 36.1 Å². The minimum atomic E-state index is -1.17. The molecule has 13 heteroatoms. The predicted octanol–water partition coefficient (Wildman–Crippen LogP) is 4.14. The van der Waals surface area contributed by atoms with E-state index < -0.39 is 59.5 Å². The van der Waals surface area contributed by atoms with Crippen LogP contribution in [0.25, 0.3) is 0 Å². The van der Waals surface area contributed by atoms with Crippen molar-refractivity contribution < 1.29 is 28.8 Å². The maximum Gasteiger partial charge on any atom is 0.289 e. The van der Waals surface area contributed by atoms with E-state index in [1.54, 1.807) is 6.92 Å². The molecule has 0 aromatic carbocycles. The van der Waals surface area contributed by atoms with Gasteiger partial charge in [-0.3, -0.25) is 33.8 Å². The summed E-state index contributed by atoms with van der Waals surface area (Å²) in [7, 11) is 0. The average molecular weight is 738 g/mol. The lowest BCUT2D eigenvalue weighted by atomic mass is 9.83. The van der Waals surface area contributed by atoms with E-state index in [1.807, 2.05) is 20.8 Å². The van der Waals surface area contributed by atoms with Gasteiger partial charge >= 0.3 is 0 Å². The third-order valence-corrected chi connectivity index (χ3v) is 8.79. The van der Waals surface area contributed by atoms with Crippen LogP contribution in [-0.2, 0) is 24.0 Å². The van der Waals surface area contributed by atoms with E-state index in [0.29, 0.717) is 12.8 Å². The molecule has 4 N–H and O–H groups in total. The number of rotatable bonds is 16. The number of carbonyl (C=O) groups is 6. The molecule has 1 saturated carbocycles. The molecule has 0 bridgehead atoms. The Balaban J connectivity index is 0.00000219. The van der Waals surface area contributed by atoms with Crippen molar-refractivity contribution in [1.29, 1.82) is 0 Å². The minimum Gasteiger partial charge on any atom is -0.346 e. The van der Waals surface area contributed by atoms with Crippen LogP contribution in [0.1, 0.15) is 123 Å². The fourth-order valence-electron chi connectivity index (χ4n) is 6.41. The first-order valence-corrected chi connectivity index (χ1v) is 19.2. The standard InChI is InChI=1S/C34H47N7O6.C4H10.C2H6/c1-5-8-15-25(29(42)33(46)37-17-7-3)39-32(45)28-24(12-6-2)16-20-41(28)34(47)22(4)38-31(44)27(23-13-10-9-11-14-23)40-30(43)26-21-35-18-19-36-26;1-4(2)3;1-2/h1,7,18-19,21-25,27-28H,3,6,8-17,20H2,2,4H3,(H,37,46)(H,38,44)(H,39,45)(H,40,43);4H,1-3H3;1-2H3/t22-,24-,25?,27?,28?;;/m0../s1.